The van der Waals surface area contributed by atoms with E-state index in [4.69, 9.17) is 4.74 Å². The maximum Gasteiger partial charge on any atom is 0.267 e. The van der Waals surface area contributed by atoms with Crippen LogP contribution in [0.25, 0.3) is 0 Å². The Bertz CT molecular complexity index is 355. The molecule has 0 aromatic carbocycles. The van der Waals surface area contributed by atoms with Gasteiger partial charge in [0.1, 0.15) is 11.4 Å². The number of aromatic amines is 1. The van der Waals surface area contributed by atoms with E-state index in [1.54, 1.807) is 0 Å². The van der Waals surface area contributed by atoms with Crippen LogP contribution in [0.3, 0.4) is 0 Å². The Balaban J connectivity index is 2.35. The molecule has 0 aliphatic heterocycles. The van der Waals surface area contributed by atoms with Gasteiger partial charge >= 0.3 is 0 Å². The van der Waals surface area contributed by atoms with Crippen LogP contribution in [0.15, 0.2) is 10.9 Å². The van der Waals surface area contributed by atoms with Gasteiger partial charge in [-0.3, -0.25) is 4.79 Å². The van der Waals surface area contributed by atoms with Gasteiger partial charge in [-0.15, -0.1) is 0 Å². The first-order valence-corrected chi connectivity index (χ1v) is 4.53. The molecule has 0 saturated heterocycles. The average Bonchev–Trinajstić information content (AvgIpc) is 2.88. The zero-order chi connectivity index (χ0) is 9.26. The number of hydrogen-bond donors (Lipinski definition) is 1. The molecule has 1 saturated carbocycles. The van der Waals surface area contributed by atoms with Gasteiger partial charge in [-0.1, -0.05) is 0 Å². The van der Waals surface area contributed by atoms with Crippen LogP contribution in [0.5, 0.6) is 5.75 Å². The molecular weight excluding hydrogens is 168 g/mol. The Morgan fingerprint density at radius 2 is 2.46 bits per heavy atom. The van der Waals surface area contributed by atoms with Gasteiger partial charge in [-0.2, -0.15) is 5.10 Å². The minimum Gasteiger partial charge on any atom is -0.492 e. The summed E-state index contributed by atoms with van der Waals surface area (Å²) in [5.74, 6) is 1.15. The second kappa shape index (κ2) is 3.20. The minimum atomic E-state index is -0.201. The first kappa shape index (κ1) is 8.29. The second-order valence-electron chi connectivity index (χ2n) is 3.19. The van der Waals surface area contributed by atoms with Crippen LogP contribution in [0.4, 0.5) is 0 Å². The molecule has 4 heteroatoms. The minimum absolute atomic E-state index is 0.201. The van der Waals surface area contributed by atoms with Gasteiger partial charge in [0.05, 0.1) is 6.61 Å². The predicted molar refractivity (Wildman–Crippen MR) is 48.0 cm³/mol. The zero-order valence-corrected chi connectivity index (χ0v) is 7.54. The topological polar surface area (TPSA) is 55.0 Å². The molecule has 0 spiro atoms. The zero-order valence-electron chi connectivity index (χ0n) is 7.54. The summed E-state index contributed by atoms with van der Waals surface area (Å²) in [6.07, 6.45) is 2.30. The summed E-state index contributed by atoms with van der Waals surface area (Å²) >= 11 is 0. The van der Waals surface area contributed by atoms with E-state index < -0.39 is 0 Å². The number of H-pyrrole nitrogens is 1. The maximum atomic E-state index is 11.0. The van der Waals surface area contributed by atoms with Crippen LogP contribution in [-0.2, 0) is 0 Å². The fourth-order valence-corrected chi connectivity index (χ4v) is 1.32. The molecule has 1 aromatic rings. The third kappa shape index (κ3) is 1.71. The van der Waals surface area contributed by atoms with Gasteiger partial charge in [0.15, 0.2) is 0 Å². The predicted octanol–water partition coefficient (Wildman–Crippen LogP) is 1.05. The van der Waals surface area contributed by atoms with Crippen molar-refractivity contribution in [1.29, 1.82) is 0 Å². The summed E-state index contributed by atoms with van der Waals surface area (Å²) in [6, 6.07) is 1.48. The first-order valence-electron chi connectivity index (χ1n) is 4.53. The number of aromatic nitrogens is 2. The van der Waals surface area contributed by atoms with Crippen LogP contribution >= 0.6 is 0 Å². The lowest BCUT2D eigenvalue weighted by Crippen LogP contribution is -2.10. The summed E-state index contributed by atoms with van der Waals surface area (Å²) in [5, 5.41) is 6.43. The highest BCUT2D eigenvalue weighted by molar-refractivity contribution is 5.30. The van der Waals surface area contributed by atoms with E-state index in [-0.39, 0.29) is 5.56 Å². The molecule has 0 unspecified atom stereocenters. The van der Waals surface area contributed by atoms with Gasteiger partial charge in [-0.25, -0.2) is 5.10 Å². The largest absolute Gasteiger partial charge is 0.492 e. The Morgan fingerprint density at radius 1 is 1.69 bits per heavy atom. The number of ether oxygens (including phenoxy) is 1. The van der Waals surface area contributed by atoms with E-state index in [2.05, 4.69) is 10.2 Å². The third-order valence-corrected chi connectivity index (χ3v) is 2.07. The van der Waals surface area contributed by atoms with Crippen LogP contribution in [0.1, 0.15) is 31.4 Å². The summed E-state index contributed by atoms with van der Waals surface area (Å²) in [4.78, 5) is 11.0. The quantitative estimate of drug-likeness (QED) is 0.756. The molecule has 0 atom stereocenters. The van der Waals surface area contributed by atoms with Gasteiger partial charge in [0.2, 0.25) is 0 Å². The van der Waals surface area contributed by atoms with E-state index in [1.165, 1.54) is 6.07 Å². The van der Waals surface area contributed by atoms with Gasteiger partial charge < -0.3 is 4.74 Å². The summed E-state index contributed by atoms with van der Waals surface area (Å²) in [7, 11) is 0. The van der Waals surface area contributed by atoms with Crippen LogP contribution < -0.4 is 10.3 Å². The maximum absolute atomic E-state index is 11.0. The molecule has 1 aliphatic rings. The van der Waals surface area contributed by atoms with Gasteiger partial charge in [0, 0.05) is 12.0 Å². The first-order chi connectivity index (χ1) is 6.31. The summed E-state index contributed by atoms with van der Waals surface area (Å²) < 4.78 is 5.34. The highest BCUT2D eigenvalue weighted by Gasteiger charge is 2.28. The molecule has 0 bridgehead atoms. The molecular formula is C9H12N2O2. The molecule has 13 heavy (non-hydrogen) atoms. The smallest absolute Gasteiger partial charge is 0.267 e. The van der Waals surface area contributed by atoms with Crippen molar-refractivity contribution in [3.05, 3.63) is 22.1 Å². The molecule has 2 rings (SSSR count). The molecule has 1 fully saturated rings. The Kier molecular flexibility index (Phi) is 2.04. The van der Waals surface area contributed by atoms with E-state index in [9.17, 15) is 4.79 Å². The van der Waals surface area contributed by atoms with Crippen molar-refractivity contribution < 1.29 is 4.74 Å². The molecule has 0 radical (unpaired) electrons. The monoisotopic (exact) mass is 180 g/mol. The van der Waals surface area contributed by atoms with E-state index in [1.807, 2.05) is 6.92 Å². The second-order valence-corrected chi connectivity index (χ2v) is 3.19. The van der Waals surface area contributed by atoms with Crippen molar-refractivity contribution >= 4 is 0 Å². The van der Waals surface area contributed by atoms with Crippen molar-refractivity contribution in [1.82, 2.24) is 10.2 Å². The summed E-state index contributed by atoms with van der Waals surface area (Å²) in [6.45, 7) is 2.47. The fourth-order valence-electron chi connectivity index (χ4n) is 1.32. The molecule has 70 valence electrons. The number of rotatable bonds is 3. The van der Waals surface area contributed by atoms with Crippen molar-refractivity contribution in [2.75, 3.05) is 6.61 Å². The van der Waals surface area contributed by atoms with Crippen LogP contribution in [-0.4, -0.2) is 16.8 Å². The van der Waals surface area contributed by atoms with Crippen LogP contribution in [0.2, 0.25) is 0 Å². The van der Waals surface area contributed by atoms with E-state index in [0.29, 0.717) is 18.3 Å². The average molecular weight is 180 g/mol. The van der Waals surface area contributed by atoms with E-state index in [0.717, 1.165) is 18.5 Å². The molecule has 1 aromatic heterocycles. The normalized spacial score (nSPS) is 15.8. The van der Waals surface area contributed by atoms with Crippen LogP contribution in [0, 0.1) is 0 Å². The van der Waals surface area contributed by atoms with Crippen molar-refractivity contribution in [2.24, 2.45) is 0 Å². The number of nitrogens with zero attached hydrogens (tertiary/aromatic N) is 1. The highest BCUT2D eigenvalue weighted by Crippen LogP contribution is 2.42. The van der Waals surface area contributed by atoms with Gasteiger partial charge in [-0.05, 0) is 19.8 Å². The lowest BCUT2D eigenvalue weighted by Gasteiger charge is -2.06. The number of hydrogen-bond acceptors (Lipinski definition) is 3. The highest BCUT2D eigenvalue weighted by atomic mass is 16.5. The Labute approximate surface area is 75.9 Å². The summed E-state index contributed by atoms with van der Waals surface area (Å²) in [5.41, 5.74) is 0.703. The van der Waals surface area contributed by atoms with Crippen molar-refractivity contribution in [2.45, 2.75) is 25.7 Å². The van der Waals surface area contributed by atoms with Crippen molar-refractivity contribution in [3.8, 4) is 5.75 Å². The third-order valence-electron chi connectivity index (χ3n) is 2.07. The van der Waals surface area contributed by atoms with Crippen molar-refractivity contribution in [3.63, 3.8) is 0 Å². The molecule has 1 N–H and O–H groups in total. The molecule has 1 heterocycles. The fraction of sp³-hybridized carbons (Fsp3) is 0.556. The molecule has 4 nitrogen and oxygen atoms in total. The SMILES string of the molecule is CCOc1cc(=O)[nH]nc1C1CC1. The van der Waals surface area contributed by atoms with Gasteiger partial charge in [0.25, 0.3) is 5.56 Å². The molecule has 1 aliphatic carbocycles. The van der Waals surface area contributed by atoms with E-state index >= 15 is 0 Å². The Hall–Kier alpha value is -1.32. The molecule has 0 amide bonds. The standard InChI is InChI=1S/C9H12N2O2/c1-2-13-7-5-8(12)10-11-9(7)6-3-4-6/h5-6H,2-4H2,1H3,(H,10,12). The number of nitrogens with one attached hydrogen (secondary N) is 1. The lowest BCUT2D eigenvalue weighted by molar-refractivity contribution is 0.333. The lowest BCUT2D eigenvalue weighted by atomic mass is 10.2. The Morgan fingerprint density at radius 3 is 3.08 bits per heavy atom.